The zero-order valence-corrected chi connectivity index (χ0v) is 24.0. The van der Waals surface area contributed by atoms with Crippen LogP contribution < -0.4 is 20.1 Å². The van der Waals surface area contributed by atoms with Crippen LogP contribution >= 0.6 is 23.4 Å². The number of Topliss-reactive ketones (excluding diaryl/α,β-unsaturated/α-hetero) is 1. The molecule has 0 fully saturated rings. The fraction of sp³-hybridized carbons (Fsp3) is 0.370. The topological polar surface area (TPSA) is 148 Å². The van der Waals surface area contributed by atoms with E-state index >= 15 is 0 Å². The number of halogens is 4. The van der Waals surface area contributed by atoms with E-state index in [-0.39, 0.29) is 33.6 Å². The number of benzene rings is 2. The first-order chi connectivity index (χ1) is 19.8. The highest BCUT2D eigenvalue weighted by Gasteiger charge is 2.31. The molecular formula is C27H28ClF3N2O8S. The van der Waals surface area contributed by atoms with Crippen molar-refractivity contribution < 1.29 is 51.7 Å². The molecule has 10 nitrogen and oxygen atoms in total. The van der Waals surface area contributed by atoms with Crippen molar-refractivity contribution in [3.8, 4) is 11.5 Å². The van der Waals surface area contributed by atoms with E-state index in [1.165, 1.54) is 50.4 Å². The van der Waals surface area contributed by atoms with Crippen molar-refractivity contribution in [2.45, 2.75) is 44.2 Å². The van der Waals surface area contributed by atoms with E-state index < -0.39 is 66.8 Å². The lowest BCUT2D eigenvalue weighted by Gasteiger charge is -2.24. The lowest BCUT2D eigenvalue weighted by molar-refractivity contribution is -0.140. The number of carbonyl (C=O) groups is 5. The predicted molar refractivity (Wildman–Crippen MR) is 147 cm³/mol. The van der Waals surface area contributed by atoms with Crippen LogP contribution in [0.1, 0.15) is 24.5 Å². The maximum Gasteiger partial charge on any atom is 0.387 e. The number of carboxylic acids is 1. The summed E-state index contributed by atoms with van der Waals surface area (Å²) in [7, 11) is 1.32. The molecule has 0 saturated heterocycles. The molecule has 0 aliphatic carbocycles. The second-order valence-electron chi connectivity index (χ2n) is 8.92. The van der Waals surface area contributed by atoms with Gasteiger partial charge in [-0.1, -0.05) is 18.5 Å². The summed E-state index contributed by atoms with van der Waals surface area (Å²) in [6, 6.07) is 4.46. The summed E-state index contributed by atoms with van der Waals surface area (Å²) in [5.41, 5.74) is 0.411. The summed E-state index contributed by atoms with van der Waals surface area (Å²) in [4.78, 5) is 61.6. The Kier molecular flexibility index (Phi) is 13.6. The van der Waals surface area contributed by atoms with E-state index in [1.54, 1.807) is 0 Å². The third-order valence-electron chi connectivity index (χ3n) is 5.77. The summed E-state index contributed by atoms with van der Waals surface area (Å²) < 4.78 is 48.6. The average molecular weight is 633 g/mol. The van der Waals surface area contributed by atoms with Crippen LogP contribution in [0.25, 0.3) is 0 Å². The van der Waals surface area contributed by atoms with Gasteiger partial charge in [-0.25, -0.2) is 4.39 Å². The molecule has 0 radical (unpaired) electrons. The number of alkyl halides is 2. The highest BCUT2D eigenvalue weighted by atomic mass is 35.5. The third kappa shape index (κ3) is 10.9. The molecule has 0 aliphatic rings. The minimum absolute atomic E-state index is 0.000536. The van der Waals surface area contributed by atoms with Gasteiger partial charge in [0.1, 0.15) is 29.6 Å². The summed E-state index contributed by atoms with van der Waals surface area (Å²) in [5, 5.41) is 14.2. The predicted octanol–water partition coefficient (Wildman–Crippen LogP) is 3.41. The summed E-state index contributed by atoms with van der Waals surface area (Å²) >= 11 is 7.03. The second kappa shape index (κ2) is 16.6. The van der Waals surface area contributed by atoms with Gasteiger partial charge in [-0.15, -0.1) is 11.8 Å². The van der Waals surface area contributed by atoms with Gasteiger partial charge in [-0.3, -0.25) is 19.2 Å². The molecule has 0 aromatic heterocycles. The number of ether oxygens (including phenoxy) is 2. The normalized spacial score (nSPS) is 13.0. The van der Waals surface area contributed by atoms with E-state index in [9.17, 15) is 42.3 Å². The monoisotopic (exact) mass is 632 g/mol. The molecule has 0 aliphatic heterocycles. The fourth-order valence-electron chi connectivity index (χ4n) is 3.64. The number of methoxy groups -OCH3 is 1. The standard InChI is InChI=1S/C27H28ClF3N2O8S/c1-14(11-34)25(33-23(36)9-15-8-18(40-2)4-6-22(15)41-27(30)31)26(39)32-20(10-24(37)38)21(35)13-42-12-16-7-17(29)3-5-19(16)28/h3-8,11,14,20,25,27H,9-10,12-13H2,1-2H3,(H,32,39)(H,33,36)(H,37,38)/t14?,20-,25-/m0/s1. The average Bonchev–Trinajstić information content (AvgIpc) is 2.93. The number of aldehydes is 1. The largest absolute Gasteiger partial charge is 0.497 e. The zero-order valence-electron chi connectivity index (χ0n) is 22.4. The molecule has 0 heterocycles. The molecule has 2 aromatic rings. The van der Waals surface area contributed by atoms with E-state index in [2.05, 4.69) is 15.4 Å². The molecule has 15 heteroatoms. The molecule has 3 N–H and O–H groups in total. The minimum Gasteiger partial charge on any atom is -0.497 e. The number of nitrogens with one attached hydrogen (secondary N) is 2. The second-order valence-corrected chi connectivity index (χ2v) is 10.3. The molecular weight excluding hydrogens is 605 g/mol. The lowest BCUT2D eigenvalue weighted by Crippen LogP contribution is -2.55. The SMILES string of the molecule is COc1ccc(OC(F)F)c(CC(=O)N[C@H](C(=O)N[C@@H](CC(=O)O)C(=O)CSCc2cc(F)ccc2Cl)C(C)C=O)c1. The summed E-state index contributed by atoms with van der Waals surface area (Å²) in [6.07, 6.45) is -0.973. The van der Waals surface area contributed by atoms with Crippen molar-refractivity contribution in [1.29, 1.82) is 0 Å². The molecule has 0 spiro atoms. The van der Waals surface area contributed by atoms with Crippen LogP contribution in [0, 0.1) is 11.7 Å². The Morgan fingerprint density at radius 3 is 2.43 bits per heavy atom. The van der Waals surface area contributed by atoms with Gasteiger partial charge in [-0.05, 0) is 42.0 Å². The first-order valence-corrected chi connectivity index (χ1v) is 13.8. The number of carboxylic acid groups (broad SMARTS) is 1. The number of amides is 2. The van der Waals surface area contributed by atoms with Crippen LogP contribution in [-0.4, -0.2) is 66.5 Å². The quantitative estimate of drug-likeness (QED) is 0.223. The van der Waals surface area contributed by atoms with E-state index in [0.29, 0.717) is 11.8 Å². The van der Waals surface area contributed by atoms with Crippen molar-refractivity contribution in [2.75, 3.05) is 12.9 Å². The van der Waals surface area contributed by atoms with E-state index in [0.717, 1.165) is 11.8 Å². The fourth-order valence-corrected chi connectivity index (χ4v) is 4.87. The van der Waals surface area contributed by atoms with Crippen molar-refractivity contribution in [3.05, 3.63) is 58.4 Å². The number of carbonyl (C=O) groups excluding carboxylic acids is 4. The van der Waals surface area contributed by atoms with Crippen LogP contribution in [0.5, 0.6) is 11.5 Å². The Morgan fingerprint density at radius 2 is 1.81 bits per heavy atom. The molecule has 2 rings (SSSR count). The van der Waals surface area contributed by atoms with E-state index in [1.807, 2.05) is 0 Å². The Labute approximate surface area is 248 Å². The van der Waals surface area contributed by atoms with Crippen LogP contribution in [0.3, 0.4) is 0 Å². The van der Waals surface area contributed by atoms with Crippen LogP contribution in [0.4, 0.5) is 13.2 Å². The van der Waals surface area contributed by atoms with Crippen molar-refractivity contribution in [1.82, 2.24) is 10.6 Å². The minimum atomic E-state index is -3.18. The number of hydrogen-bond donors (Lipinski definition) is 3. The Morgan fingerprint density at radius 1 is 1.10 bits per heavy atom. The van der Waals surface area contributed by atoms with Gasteiger partial charge in [0.2, 0.25) is 11.8 Å². The maximum absolute atomic E-state index is 13.5. The number of ketones is 1. The van der Waals surface area contributed by atoms with Crippen molar-refractivity contribution in [3.63, 3.8) is 0 Å². The highest BCUT2D eigenvalue weighted by Crippen LogP contribution is 2.26. The molecule has 0 bridgehead atoms. The first-order valence-electron chi connectivity index (χ1n) is 12.3. The van der Waals surface area contributed by atoms with E-state index in [4.69, 9.17) is 16.3 Å². The lowest BCUT2D eigenvalue weighted by atomic mass is 10.0. The molecule has 2 amide bonds. The van der Waals surface area contributed by atoms with Crippen LogP contribution in [0.15, 0.2) is 36.4 Å². The Hall–Kier alpha value is -3.78. The first kappa shape index (κ1) is 34.4. The highest BCUT2D eigenvalue weighted by molar-refractivity contribution is 7.99. The molecule has 42 heavy (non-hydrogen) atoms. The zero-order chi connectivity index (χ0) is 31.4. The third-order valence-corrected chi connectivity index (χ3v) is 7.14. The van der Waals surface area contributed by atoms with Crippen molar-refractivity contribution >= 4 is 53.2 Å². The van der Waals surface area contributed by atoms with Gasteiger partial charge in [0.05, 0.1) is 31.7 Å². The molecule has 1 unspecified atom stereocenters. The van der Waals surface area contributed by atoms with Gasteiger partial charge in [-0.2, -0.15) is 8.78 Å². The number of aliphatic carboxylic acids is 1. The van der Waals surface area contributed by atoms with Crippen molar-refractivity contribution in [2.24, 2.45) is 5.92 Å². The number of hydrogen-bond acceptors (Lipinski definition) is 8. The maximum atomic E-state index is 13.5. The van der Waals surface area contributed by atoms with Crippen LogP contribution in [0.2, 0.25) is 5.02 Å². The summed E-state index contributed by atoms with van der Waals surface area (Å²) in [5.74, 6) is -5.84. The Balaban J connectivity index is 2.14. The van der Waals surface area contributed by atoms with Gasteiger partial charge >= 0.3 is 12.6 Å². The molecule has 3 atom stereocenters. The number of thioether (sulfide) groups is 1. The molecule has 228 valence electrons. The Bertz CT molecular complexity index is 1300. The van der Waals surface area contributed by atoms with Crippen LogP contribution in [-0.2, 0) is 36.1 Å². The molecule has 2 aromatic carbocycles. The molecule has 0 saturated carbocycles. The van der Waals surface area contributed by atoms with Gasteiger partial charge in [0, 0.05) is 22.3 Å². The number of rotatable bonds is 17. The van der Waals surface area contributed by atoms with Gasteiger partial charge in [0.25, 0.3) is 0 Å². The summed E-state index contributed by atoms with van der Waals surface area (Å²) in [6.45, 7) is -1.87. The van der Waals surface area contributed by atoms with Gasteiger partial charge in [0.15, 0.2) is 5.78 Å². The van der Waals surface area contributed by atoms with Gasteiger partial charge < -0.3 is 30.0 Å². The smallest absolute Gasteiger partial charge is 0.387 e.